The lowest BCUT2D eigenvalue weighted by molar-refractivity contribution is 0.0796. The Kier molecular flexibility index (Phi) is 3.19. The van der Waals surface area contributed by atoms with Crippen LogP contribution in [-0.4, -0.2) is 54.1 Å². The lowest BCUT2D eigenvalue weighted by Gasteiger charge is -2.16. The van der Waals surface area contributed by atoms with Crippen molar-refractivity contribution in [3.05, 3.63) is 35.6 Å². The molecule has 0 aromatic carbocycles. The fraction of sp³-hybridized carbons (Fsp3) is 0.308. The Hall–Kier alpha value is -2.55. The summed E-state index contributed by atoms with van der Waals surface area (Å²) in [5.41, 5.74) is 0.812. The van der Waals surface area contributed by atoms with Crippen LogP contribution in [0, 0.1) is 0 Å². The van der Waals surface area contributed by atoms with E-state index >= 15 is 0 Å². The van der Waals surface area contributed by atoms with Crippen molar-refractivity contribution in [3.63, 3.8) is 0 Å². The Morgan fingerprint density at radius 3 is 3.23 bits per heavy atom. The van der Waals surface area contributed by atoms with Crippen LogP contribution in [0.4, 0.5) is 5.82 Å². The number of aromatic nitrogens is 5. The molecule has 0 radical (unpaired) electrons. The van der Waals surface area contributed by atoms with Crippen LogP contribution in [0.3, 0.4) is 0 Å². The van der Waals surface area contributed by atoms with E-state index in [1.54, 1.807) is 10.7 Å². The van der Waals surface area contributed by atoms with Crippen LogP contribution < -0.4 is 5.32 Å². The largest absolute Gasteiger partial charge is 0.364 e. The van der Waals surface area contributed by atoms with Gasteiger partial charge in [-0.1, -0.05) is 4.49 Å². The monoisotopic (exact) mass is 315 g/mol. The highest BCUT2D eigenvalue weighted by Crippen LogP contribution is 2.18. The average molecular weight is 315 g/mol. The van der Waals surface area contributed by atoms with Crippen molar-refractivity contribution in [3.8, 4) is 0 Å². The van der Waals surface area contributed by atoms with E-state index in [-0.39, 0.29) is 11.9 Å². The Morgan fingerprint density at radius 1 is 1.41 bits per heavy atom. The molecule has 0 bridgehead atoms. The summed E-state index contributed by atoms with van der Waals surface area (Å²) >= 11 is 1.13. The molecule has 0 unspecified atom stereocenters. The first-order valence-corrected chi connectivity index (χ1v) is 7.70. The van der Waals surface area contributed by atoms with Crippen LogP contribution >= 0.6 is 11.5 Å². The standard InChI is InChI=1S/C13H13N7OS/c21-13(10-7-15-18-22-10)19-5-3-9(8-19)16-11-1-2-12-14-4-6-20(12)17-11/h1-2,4,6-7,9H,3,5,8H2,(H,16,17)/t9-/m0/s1. The molecule has 22 heavy (non-hydrogen) atoms. The van der Waals surface area contributed by atoms with Gasteiger partial charge in [-0.3, -0.25) is 4.79 Å². The highest BCUT2D eigenvalue weighted by atomic mass is 32.1. The zero-order valence-corrected chi connectivity index (χ0v) is 12.4. The maximum atomic E-state index is 12.2. The number of imidazole rings is 1. The van der Waals surface area contributed by atoms with E-state index in [9.17, 15) is 4.79 Å². The highest BCUT2D eigenvalue weighted by molar-refractivity contribution is 7.07. The van der Waals surface area contributed by atoms with E-state index in [0.717, 1.165) is 36.0 Å². The van der Waals surface area contributed by atoms with Crippen LogP contribution in [-0.2, 0) is 0 Å². The van der Waals surface area contributed by atoms with Gasteiger partial charge in [0.25, 0.3) is 5.91 Å². The molecule has 9 heteroatoms. The first kappa shape index (κ1) is 13.1. The molecule has 112 valence electrons. The van der Waals surface area contributed by atoms with Gasteiger partial charge in [0.15, 0.2) is 5.65 Å². The van der Waals surface area contributed by atoms with Gasteiger partial charge in [-0.05, 0) is 30.1 Å². The maximum Gasteiger partial charge on any atom is 0.267 e. The molecule has 0 aliphatic carbocycles. The molecule has 1 atom stereocenters. The summed E-state index contributed by atoms with van der Waals surface area (Å²) in [5, 5.41) is 11.5. The molecule has 4 heterocycles. The second kappa shape index (κ2) is 5.34. The first-order valence-electron chi connectivity index (χ1n) is 6.93. The zero-order chi connectivity index (χ0) is 14.9. The number of hydrogen-bond acceptors (Lipinski definition) is 7. The van der Waals surface area contributed by atoms with E-state index in [4.69, 9.17) is 0 Å². The Labute approximate surface area is 129 Å². The number of nitrogens with one attached hydrogen (secondary N) is 1. The number of rotatable bonds is 3. The van der Waals surface area contributed by atoms with E-state index in [1.807, 2.05) is 23.2 Å². The topological polar surface area (TPSA) is 88.3 Å². The zero-order valence-electron chi connectivity index (χ0n) is 11.6. The average Bonchev–Trinajstić information content (AvgIpc) is 3.27. The minimum absolute atomic E-state index is 0.00248. The molecule has 1 aliphatic heterocycles. The predicted molar refractivity (Wildman–Crippen MR) is 80.8 cm³/mol. The summed E-state index contributed by atoms with van der Waals surface area (Å²) in [6, 6.07) is 4.01. The second-order valence-electron chi connectivity index (χ2n) is 5.11. The lowest BCUT2D eigenvalue weighted by Crippen LogP contribution is -2.31. The number of likely N-dealkylation sites (tertiary alicyclic amines) is 1. The minimum Gasteiger partial charge on any atom is -0.364 e. The molecule has 1 fully saturated rings. The van der Waals surface area contributed by atoms with Crippen LogP contribution in [0.15, 0.2) is 30.7 Å². The quantitative estimate of drug-likeness (QED) is 0.773. The summed E-state index contributed by atoms with van der Waals surface area (Å²) < 4.78 is 5.46. The molecule has 0 spiro atoms. The van der Waals surface area contributed by atoms with E-state index < -0.39 is 0 Å². The molecule has 4 rings (SSSR count). The van der Waals surface area contributed by atoms with Gasteiger partial charge in [0.1, 0.15) is 10.7 Å². The molecule has 3 aromatic rings. The fourth-order valence-corrected chi connectivity index (χ4v) is 3.06. The number of anilines is 1. The Morgan fingerprint density at radius 2 is 2.36 bits per heavy atom. The predicted octanol–water partition coefficient (Wildman–Crippen LogP) is 0.907. The third-order valence-corrected chi connectivity index (χ3v) is 4.31. The van der Waals surface area contributed by atoms with Crippen LogP contribution in [0.5, 0.6) is 0 Å². The first-order chi connectivity index (χ1) is 10.8. The van der Waals surface area contributed by atoms with E-state index in [2.05, 4.69) is 25.0 Å². The minimum atomic E-state index is -0.00248. The molecule has 0 saturated carbocycles. The number of nitrogens with zero attached hydrogens (tertiary/aromatic N) is 6. The van der Waals surface area contributed by atoms with Crippen molar-refractivity contribution in [2.75, 3.05) is 18.4 Å². The summed E-state index contributed by atoms with van der Waals surface area (Å²) in [4.78, 5) is 18.8. The van der Waals surface area contributed by atoms with Crippen molar-refractivity contribution in [2.45, 2.75) is 12.5 Å². The van der Waals surface area contributed by atoms with E-state index in [0.29, 0.717) is 11.4 Å². The molecule has 1 amide bonds. The maximum absolute atomic E-state index is 12.2. The van der Waals surface area contributed by atoms with Gasteiger partial charge in [0, 0.05) is 31.5 Å². The van der Waals surface area contributed by atoms with Crippen LogP contribution in [0.1, 0.15) is 16.1 Å². The fourth-order valence-electron chi connectivity index (χ4n) is 2.58. The van der Waals surface area contributed by atoms with Gasteiger partial charge in [-0.2, -0.15) is 0 Å². The summed E-state index contributed by atoms with van der Waals surface area (Å²) in [5.74, 6) is 0.779. The van der Waals surface area contributed by atoms with Gasteiger partial charge in [-0.25, -0.2) is 9.50 Å². The van der Waals surface area contributed by atoms with Crippen molar-refractivity contribution in [1.82, 2.24) is 29.1 Å². The lowest BCUT2D eigenvalue weighted by atomic mass is 10.2. The Balaban J connectivity index is 1.43. The van der Waals surface area contributed by atoms with Crippen molar-refractivity contribution in [1.29, 1.82) is 0 Å². The molecule has 1 N–H and O–H groups in total. The van der Waals surface area contributed by atoms with Gasteiger partial charge >= 0.3 is 0 Å². The molecule has 1 saturated heterocycles. The molecule has 3 aromatic heterocycles. The summed E-state index contributed by atoms with van der Waals surface area (Å²) in [7, 11) is 0. The van der Waals surface area contributed by atoms with Gasteiger partial charge in [0.05, 0.1) is 6.20 Å². The summed E-state index contributed by atoms with van der Waals surface area (Å²) in [6.45, 7) is 1.38. The van der Waals surface area contributed by atoms with Gasteiger partial charge < -0.3 is 10.2 Å². The number of carbonyl (C=O) groups excluding carboxylic acids is 1. The molecule has 8 nitrogen and oxygen atoms in total. The number of amides is 1. The molecular formula is C13H13N7OS. The van der Waals surface area contributed by atoms with Crippen LogP contribution in [0.25, 0.3) is 5.65 Å². The highest BCUT2D eigenvalue weighted by Gasteiger charge is 2.28. The van der Waals surface area contributed by atoms with Crippen LogP contribution in [0.2, 0.25) is 0 Å². The van der Waals surface area contributed by atoms with Gasteiger partial charge in [-0.15, -0.1) is 10.2 Å². The Bertz CT molecular complexity index is 800. The normalized spacial score (nSPS) is 18.0. The third kappa shape index (κ3) is 2.39. The van der Waals surface area contributed by atoms with Crippen molar-refractivity contribution < 1.29 is 4.79 Å². The SMILES string of the molecule is O=C(c1cnns1)N1CC[C@H](Nc2ccc3nccn3n2)C1. The van der Waals surface area contributed by atoms with Crippen molar-refractivity contribution >= 4 is 28.9 Å². The third-order valence-electron chi connectivity index (χ3n) is 3.65. The summed E-state index contributed by atoms with van der Waals surface area (Å²) in [6.07, 6.45) is 5.93. The number of fused-ring (bicyclic) bond motifs is 1. The molecule has 1 aliphatic rings. The van der Waals surface area contributed by atoms with Crippen molar-refractivity contribution in [2.24, 2.45) is 0 Å². The number of hydrogen-bond donors (Lipinski definition) is 1. The smallest absolute Gasteiger partial charge is 0.267 e. The van der Waals surface area contributed by atoms with E-state index in [1.165, 1.54) is 6.20 Å². The van der Waals surface area contributed by atoms with Gasteiger partial charge in [0.2, 0.25) is 0 Å². The number of carbonyl (C=O) groups is 1. The molecular weight excluding hydrogens is 302 g/mol. The second-order valence-corrected chi connectivity index (χ2v) is 5.90.